The highest BCUT2D eigenvalue weighted by molar-refractivity contribution is 5.93. The number of aliphatic carboxylic acids is 1. The molecule has 0 aromatic heterocycles. The van der Waals surface area contributed by atoms with Gasteiger partial charge in [-0.2, -0.15) is 0 Å². The van der Waals surface area contributed by atoms with E-state index in [1.807, 2.05) is 0 Å². The summed E-state index contributed by atoms with van der Waals surface area (Å²) >= 11 is 0. The number of amides is 1. The maximum atomic E-state index is 11.8. The first-order valence-electron chi connectivity index (χ1n) is 6.05. The molecular formula is C14H17NO5. The lowest BCUT2D eigenvalue weighted by atomic mass is 9.85. The van der Waals surface area contributed by atoms with Crippen LogP contribution in [0, 0.1) is 5.41 Å². The van der Waals surface area contributed by atoms with E-state index in [4.69, 9.17) is 10.2 Å². The minimum absolute atomic E-state index is 0.0694. The van der Waals surface area contributed by atoms with Crippen LogP contribution in [0.5, 0.6) is 0 Å². The number of anilines is 1. The number of hydrogen-bond acceptors (Lipinski definition) is 3. The molecule has 1 aromatic carbocycles. The van der Waals surface area contributed by atoms with E-state index in [0.29, 0.717) is 5.69 Å². The summed E-state index contributed by atoms with van der Waals surface area (Å²) in [6.45, 7) is 3.41. The smallest absolute Gasteiger partial charge is 0.335 e. The summed E-state index contributed by atoms with van der Waals surface area (Å²) in [5, 5.41) is 20.1. The molecular weight excluding hydrogens is 262 g/mol. The lowest BCUT2D eigenvalue weighted by Gasteiger charge is -2.21. The summed E-state index contributed by atoms with van der Waals surface area (Å²) in [6.07, 6.45) is -0.0294. The molecule has 1 aromatic rings. The Balaban J connectivity index is 2.62. The zero-order valence-corrected chi connectivity index (χ0v) is 11.3. The summed E-state index contributed by atoms with van der Waals surface area (Å²) in [7, 11) is 0. The number of hydrogen-bond donors (Lipinski definition) is 3. The van der Waals surface area contributed by atoms with Gasteiger partial charge >= 0.3 is 11.9 Å². The van der Waals surface area contributed by atoms with Gasteiger partial charge in [-0.05, 0) is 29.7 Å². The summed E-state index contributed by atoms with van der Waals surface area (Å²) in [5.74, 6) is -2.29. The predicted octanol–water partition coefficient (Wildman–Crippen LogP) is 2.21. The zero-order valence-electron chi connectivity index (χ0n) is 11.3. The van der Waals surface area contributed by atoms with E-state index in [1.54, 1.807) is 13.8 Å². The van der Waals surface area contributed by atoms with Crippen molar-refractivity contribution >= 4 is 23.5 Å². The quantitative estimate of drug-likeness (QED) is 0.740. The lowest BCUT2D eigenvalue weighted by Crippen LogP contribution is -2.24. The maximum Gasteiger partial charge on any atom is 0.335 e. The number of rotatable bonds is 6. The van der Waals surface area contributed by atoms with Gasteiger partial charge in [0.2, 0.25) is 5.91 Å². The fraction of sp³-hybridized carbons (Fsp3) is 0.357. The first kappa shape index (κ1) is 15.7. The molecule has 0 saturated heterocycles. The Morgan fingerprint density at radius 3 is 2.05 bits per heavy atom. The lowest BCUT2D eigenvalue weighted by molar-refractivity contribution is -0.139. The van der Waals surface area contributed by atoms with Crippen molar-refractivity contribution in [1.29, 1.82) is 0 Å². The molecule has 1 rings (SSSR count). The van der Waals surface area contributed by atoms with Gasteiger partial charge in [-0.1, -0.05) is 13.8 Å². The third kappa shape index (κ3) is 5.09. The number of carbonyl (C=O) groups excluding carboxylic acids is 1. The average Bonchev–Trinajstić information content (AvgIpc) is 2.26. The van der Waals surface area contributed by atoms with Gasteiger partial charge in [-0.15, -0.1) is 0 Å². The Kier molecular flexibility index (Phi) is 4.85. The molecule has 0 saturated carbocycles. The van der Waals surface area contributed by atoms with Crippen LogP contribution in [-0.2, 0) is 9.59 Å². The number of carbonyl (C=O) groups is 3. The van der Waals surface area contributed by atoms with Crippen LogP contribution < -0.4 is 5.32 Å². The molecule has 0 atom stereocenters. The normalized spacial score (nSPS) is 10.9. The molecule has 0 unspecified atom stereocenters. The summed E-state index contributed by atoms with van der Waals surface area (Å²) < 4.78 is 0. The van der Waals surface area contributed by atoms with Gasteiger partial charge in [0.25, 0.3) is 0 Å². The predicted molar refractivity (Wildman–Crippen MR) is 72.7 cm³/mol. The highest BCUT2D eigenvalue weighted by Crippen LogP contribution is 2.25. The minimum atomic E-state index is -1.04. The van der Waals surface area contributed by atoms with E-state index in [1.165, 1.54) is 24.3 Å². The zero-order chi connectivity index (χ0) is 15.3. The Labute approximate surface area is 116 Å². The molecule has 0 spiro atoms. The monoisotopic (exact) mass is 279 g/mol. The molecule has 6 nitrogen and oxygen atoms in total. The van der Waals surface area contributed by atoms with E-state index in [0.717, 1.165) is 0 Å². The average molecular weight is 279 g/mol. The van der Waals surface area contributed by atoms with Gasteiger partial charge in [-0.25, -0.2) is 4.79 Å². The molecule has 0 aliphatic carbocycles. The number of benzene rings is 1. The van der Waals surface area contributed by atoms with Gasteiger partial charge < -0.3 is 15.5 Å². The molecule has 108 valence electrons. The van der Waals surface area contributed by atoms with Crippen molar-refractivity contribution in [2.45, 2.75) is 26.7 Å². The molecule has 0 aliphatic rings. The molecule has 1 amide bonds. The second kappa shape index (κ2) is 6.18. The van der Waals surface area contributed by atoms with Crippen molar-refractivity contribution in [2.75, 3.05) is 5.32 Å². The van der Waals surface area contributed by atoms with Gasteiger partial charge in [0.05, 0.1) is 12.0 Å². The van der Waals surface area contributed by atoms with Crippen LogP contribution in [0.2, 0.25) is 0 Å². The molecule has 0 fully saturated rings. The van der Waals surface area contributed by atoms with E-state index in [2.05, 4.69) is 5.32 Å². The van der Waals surface area contributed by atoms with Crippen LogP contribution >= 0.6 is 0 Å². The van der Waals surface area contributed by atoms with E-state index in [-0.39, 0.29) is 24.3 Å². The van der Waals surface area contributed by atoms with E-state index < -0.39 is 17.4 Å². The van der Waals surface area contributed by atoms with Crippen molar-refractivity contribution in [3.05, 3.63) is 29.8 Å². The third-order valence-electron chi connectivity index (χ3n) is 2.68. The largest absolute Gasteiger partial charge is 0.481 e. The van der Waals surface area contributed by atoms with Crippen molar-refractivity contribution < 1.29 is 24.6 Å². The highest BCUT2D eigenvalue weighted by atomic mass is 16.4. The minimum Gasteiger partial charge on any atom is -0.481 e. The second-order valence-corrected chi connectivity index (χ2v) is 5.34. The standard InChI is InChI=1S/C14H17NO5/c1-14(2,8-12(17)18)7-11(16)15-10-5-3-9(4-6-10)13(19)20/h3-6H,7-8H2,1-2H3,(H,15,16)(H,17,18)(H,19,20). The first-order chi connectivity index (χ1) is 9.19. The Morgan fingerprint density at radius 2 is 1.60 bits per heavy atom. The van der Waals surface area contributed by atoms with Gasteiger partial charge in [0.15, 0.2) is 0 Å². The molecule has 3 N–H and O–H groups in total. The van der Waals surface area contributed by atoms with Crippen molar-refractivity contribution in [3.8, 4) is 0 Å². The van der Waals surface area contributed by atoms with Crippen LogP contribution in [0.4, 0.5) is 5.69 Å². The van der Waals surface area contributed by atoms with E-state index in [9.17, 15) is 14.4 Å². The first-order valence-corrected chi connectivity index (χ1v) is 6.05. The van der Waals surface area contributed by atoms with Gasteiger partial charge in [0, 0.05) is 12.1 Å². The van der Waals surface area contributed by atoms with Crippen molar-refractivity contribution in [2.24, 2.45) is 5.41 Å². The SMILES string of the molecule is CC(C)(CC(=O)O)CC(=O)Nc1ccc(C(=O)O)cc1. The summed E-state index contributed by atoms with van der Waals surface area (Å²) in [5.41, 5.74) is -0.0305. The second-order valence-electron chi connectivity index (χ2n) is 5.34. The van der Waals surface area contributed by atoms with Crippen LogP contribution in [0.25, 0.3) is 0 Å². The van der Waals surface area contributed by atoms with Crippen molar-refractivity contribution in [1.82, 2.24) is 0 Å². The molecule has 6 heteroatoms. The molecule has 0 radical (unpaired) electrons. The topological polar surface area (TPSA) is 104 Å². The van der Waals surface area contributed by atoms with Crippen LogP contribution in [0.1, 0.15) is 37.0 Å². The fourth-order valence-corrected chi connectivity index (χ4v) is 1.81. The maximum absolute atomic E-state index is 11.8. The summed E-state index contributed by atoms with van der Waals surface area (Å²) in [4.78, 5) is 33.2. The van der Waals surface area contributed by atoms with Crippen LogP contribution in [0.15, 0.2) is 24.3 Å². The third-order valence-corrected chi connectivity index (χ3v) is 2.68. The number of carboxylic acid groups (broad SMARTS) is 2. The Morgan fingerprint density at radius 1 is 1.05 bits per heavy atom. The van der Waals surface area contributed by atoms with Crippen LogP contribution in [-0.4, -0.2) is 28.1 Å². The number of aromatic carboxylic acids is 1. The molecule has 0 bridgehead atoms. The molecule has 0 aliphatic heterocycles. The van der Waals surface area contributed by atoms with E-state index >= 15 is 0 Å². The Bertz CT molecular complexity index is 519. The highest BCUT2D eigenvalue weighted by Gasteiger charge is 2.25. The van der Waals surface area contributed by atoms with Crippen molar-refractivity contribution in [3.63, 3.8) is 0 Å². The number of carboxylic acids is 2. The Hall–Kier alpha value is -2.37. The number of nitrogens with one attached hydrogen (secondary N) is 1. The molecule has 0 heterocycles. The summed E-state index contributed by atoms with van der Waals surface area (Å²) in [6, 6.07) is 5.76. The molecule has 20 heavy (non-hydrogen) atoms. The van der Waals surface area contributed by atoms with Gasteiger partial charge in [0.1, 0.15) is 0 Å². The fourth-order valence-electron chi connectivity index (χ4n) is 1.81. The van der Waals surface area contributed by atoms with Gasteiger partial charge in [-0.3, -0.25) is 9.59 Å². The van der Waals surface area contributed by atoms with Crippen LogP contribution in [0.3, 0.4) is 0 Å².